The maximum atomic E-state index is 12.6. The van der Waals surface area contributed by atoms with Crippen LogP contribution in [0, 0.1) is 12.8 Å². The lowest BCUT2D eigenvalue weighted by atomic mass is 9.96. The molecular formula is C13H20BrClN2O2S. The summed E-state index contributed by atoms with van der Waals surface area (Å²) in [5.74, 6) is 0.195. The molecule has 0 spiro atoms. The molecule has 0 amide bonds. The summed E-state index contributed by atoms with van der Waals surface area (Å²) in [6.07, 6.45) is 0.718. The zero-order chi connectivity index (χ0) is 14.2. The van der Waals surface area contributed by atoms with Gasteiger partial charge in [0.1, 0.15) is 0 Å². The zero-order valence-corrected chi connectivity index (χ0v) is 14.8. The summed E-state index contributed by atoms with van der Waals surface area (Å²) in [6.45, 7) is 4.89. The predicted molar refractivity (Wildman–Crippen MR) is 86.6 cm³/mol. The molecule has 2 N–H and O–H groups in total. The molecule has 0 aliphatic carbocycles. The van der Waals surface area contributed by atoms with E-state index < -0.39 is 10.0 Å². The number of aryl methyl sites for hydroxylation is 1. The normalized spacial score (nSPS) is 24.2. The maximum absolute atomic E-state index is 12.6. The van der Waals surface area contributed by atoms with E-state index in [1.165, 1.54) is 0 Å². The van der Waals surface area contributed by atoms with Crippen molar-refractivity contribution in [3.63, 3.8) is 0 Å². The molecule has 0 bridgehead atoms. The monoisotopic (exact) mass is 382 g/mol. The third-order valence-electron chi connectivity index (χ3n) is 3.70. The van der Waals surface area contributed by atoms with E-state index in [0.29, 0.717) is 18.0 Å². The van der Waals surface area contributed by atoms with Crippen LogP contribution in [-0.2, 0) is 10.0 Å². The minimum atomic E-state index is -3.40. The number of benzene rings is 1. The fourth-order valence-corrected chi connectivity index (χ4v) is 4.16. The molecule has 0 saturated carbocycles. The van der Waals surface area contributed by atoms with Crippen LogP contribution in [0.5, 0.6) is 0 Å². The van der Waals surface area contributed by atoms with Crippen molar-refractivity contribution in [1.29, 1.82) is 0 Å². The molecule has 1 saturated heterocycles. The Hall–Kier alpha value is -0.140. The van der Waals surface area contributed by atoms with Gasteiger partial charge in [-0.15, -0.1) is 12.4 Å². The number of sulfonamides is 1. The number of hydrogen-bond acceptors (Lipinski definition) is 3. The van der Waals surface area contributed by atoms with Crippen LogP contribution in [0.1, 0.15) is 18.9 Å². The molecule has 20 heavy (non-hydrogen) atoms. The van der Waals surface area contributed by atoms with Crippen molar-refractivity contribution in [3.8, 4) is 0 Å². The van der Waals surface area contributed by atoms with Gasteiger partial charge in [-0.1, -0.05) is 22.9 Å². The minimum absolute atomic E-state index is 0. The largest absolute Gasteiger partial charge is 0.327 e. The summed E-state index contributed by atoms with van der Waals surface area (Å²) in [5, 5.41) is 0. The Labute approximate surface area is 135 Å². The van der Waals surface area contributed by atoms with Crippen LogP contribution >= 0.6 is 28.3 Å². The molecule has 114 valence electrons. The lowest BCUT2D eigenvalue weighted by Crippen LogP contribution is -2.48. The van der Waals surface area contributed by atoms with Crippen molar-refractivity contribution < 1.29 is 8.42 Å². The molecule has 2 unspecified atom stereocenters. The first-order chi connectivity index (χ1) is 8.82. The van der Waals surface area contributed by atoms with Gasteiger partial charge < -0.3 is 5.73 Å². The molecule has 2 rings (SSSR count). The van der Waals surface area contributed by atoms with E-state index in [0.717, 1.165) is 16.5 Å². The van der Waals surface area contributed by atoms with Gasteiger partial charge in [-0.05, 0) is 43.0 Å². The fourth-order valence-electron chi connectivity index (χ4n) is 2.27. The Balaban J connectivity index is 0.00000200. The predicted octanol–water partition coefficient (Wildman–Crippen LogP) is 2.54. The lowest BCUT2D eigenvalue weighted by molar-refractivity contribution is 0.250. The molecule has 2 atom stereocenters. The van der Waals surface area contributed by atoms with Crippen molar-refractivity contribution in [1.82, 2.24) is 4.31 Å². The van der Waals surface area contributed by atoms with Crippen LogP contribution in [0.2, 0.25) is 0 Å². The highest BCUT2D eigenvalue weighted by molar-refractivity contribution is 9.10. The summed E-state index contributed by atoms with van der Waals surface area (Å²) in [5.41, 5.74) is 6.86. The fraction of sp³-hybridized carbons (Fsp3) is 0.538. The van der Waals surface area contributed by atoms with Crippen molar-refractivity contribution in [2.24, 2.45) is 11.7 Å². The number of halogens is 2. The van der Waals surface area contributed by atoms with E-state index in [9.17, 15) is 8.42 Å². The first kappa shape index (κ1) is 17.9. The molecule has 1 aromatic rings. The van der Waals surface area contributed by atoms with Crippen molar-refractivity contribution >= 4 is 38.4 Å². The highest BCUT2D eigenvalue weighted by Crippen LogP contribution is 2.26. The highest BCUT2D eigenvalue weighted by Gasteiger charge is 2.32. The molecule has 1 fully saturated rings. The SMILES string of the molecule is Cc1cc(S(=O)(=O)N2CCC(N)C(C)C2)ccc1Br.Cl. The zero-order valence-electron chi connectivity index (χ0n) is 11.5. The van der Waals surface area contributed by atoms with Gasteiger partial charge in [0.2, 0.25) is 10.0 Å². The summed E-state index contributed by atoms with van der Waals surface area (Å²) in [7, 11) is -3.40. The molecule has 1 aliphatic rings. The molecule has 4 nitrogen and oxygen atoms in total. The first-order valence-electron chi connectivity index (χ1n) is 6.34. The quantitative estimate of drug-likeness (QED) is 0.853. The number of nitrogens with two attached hydrogens (primary N) is 1. The van der Waals surface area contributed by atoms with Crippen LogP contribution in [0.25, 0.3) is 0 Å². The topological polar surface area (TPSA) is 63.4 Å². The van der Waals surface area contributed by atoms with Gasteiger partial charge in [0, 0.05) is 23.6 Å². The second-order valence-electron chi connectivity index (χ2n) is 5.20. The van der Waals surface area contributed by atoms with Crippen LogP contribution in [-0.4, -0.2) is 31.9 Å². The second kappa shape index (κ2) is 6.75. The summed E-state index contributed by atoms with van der Waals surface area (Å²) >= 11 is 3.38. The van der Waals surface area contributed by atoms with E-state index in [2.05, 4.69) is 15.9 Å². The highest BCUT2D eigenvalue weighted by atomic mass is 79.9. The molecule has 0 aromatic heterocycles. The second-order valence-corrected chi connectivity index (χ2v) is 8.00. The standard InChI is InChI=1S/C13H19BrN2O2S.ClH/c1-9-7-11(3-4-12(9)14)19(17,18)16-6-5-13(15)10(2)8-16;/h3-4,7,10,13H,5-6,8,15H2,1-2H3;1H. The number of rotatable bonds is 2. The Bertz CT molecular complexity index is 580. The van der Waals surface area contributed by atoms with Crippen molar-refractivity contribution in [2.75, 3.05) is 13.1 Å². The molecule has 0 radical (unpaired) electrons. The van der Waals surface area contributed by atoms with Gasteiger partial charge in [0.25, 0.3) is 0 Å². The smallest absolute Gasteiger partial charge is 0.243 e. The molecule has 1 heterocycles. The molecule has 7 heteroatoms. The molecule has 1 aliphatic heterocycles. The Morgan fingerprint density at radius 1 is 1.40 bits per heavy atom. The van der Waals surface area contributed by atoms with Gasteiger partial charge in [0.15, 0.2) is 0 Å². The van der Waals surface area contributed by atoms with Crippen LogP contribution in [0.4, 0.5) is 0 Å². The van der Waals surface area contributed by atoms with E-state index in [-0.39, 0.29) is 24.4 Å². The Morgan fingerprint density at radius 3 is 2.60 bits per heavy atom. The van der Waals surface area contributed by atoms with E-state index in [1.807, 2.05) is 13.8 Å². The third-order valence-corrected chi connectivity index (χ3v) is 6.45. The molecule has 1 aromatic carbocycles. The Kier molecular flexibility index (Phi) is 6.04. The van der Waals surface area contributed by atoms with Crippen molar-refractivity contribution in [2.45, 2.75) is 31.2 Å². The number of nitrogens with zero attached hydrogens (tertiary/aromatic N) is 1. The van der Waals surface area contributed by atoms with E-state index >= 15 is 0 Å². The number of hydrogen-bond donors (Lipinski definition) is 1. The van der Waals surface area contributed by atoms with Gasteiger partial charge >= 0.3 is 0 Å². The van der Waals surface area contributed by atoms with Gasteiger partial charge in [-0.2, -0.15) is 4.31 Å². The number of piperidine rings is 1. The van der Waals surface area contributed by atoms with Gasteiger partial charge in [0.05, 0.1) is 4.90 Å². The van der Waals surface area contributed by atoms with Crippen LogP contribution in [0.3, 0.4) is 0 Å². The minimum Gasteiger partial charge on any atom is -0.327 e. The summed E-state index contributed by atoms with van der Waals surface area (Å²) in [4.78, 5) is 0.357. The average Bonchev–Trinajstić information content (AvgIpc) is 2.35. The van der Waals surface area contributed by atoms with Crippen molar-refractivity contribution in [3.05, 3.63) is 28.2 Å². The average molecular weight is 384 g/mol. The maximum Gasteiger partial charge on any atom is 0.243 e. The summed E-state index contributed by atoms with van der Waals surface area (Å²) < 4.78 is 27.6. The lowest BCUT2D eigenvalue weighted by Gasteiger charge is -2.34. The first-order valence-corrected chi connectivity index (χ1v) is 8.57. The third kappa shape index (κ3) is 3.54. The summed E-state index contributed by atoms with van der Waals surface area (Å²) in [6, 6.07) is 5.23. The van der Waals surface area contributed by atoms with Crippen LogP contribution in [0.15, 0.2) is 27.6 Å². The Morgan fingerprint density at radius 2 is 2.05 bits per heavy atom. The van der Waals surface area contributed by atoms with Gasteiger partial charge in [-0.3, -0.25) is 0 Å². The molecular weight excluding hydrogens is 364 g/mol. The van der Waals surface area contributed by atoms with E-state index in [1.54, 1.807) is 22.5 Å². The van der Waals surface area contributed by atoms with Gasteiger partial charge in [-0.25, -0.2) is 8.42 Å². The van der Waals surface area contributed by atoms with E-state index in [4.69, 9.17) is 5.73 Å². The van der Waals surface area contributed by atoms with Crippen LogP contribution < -0.4 is 5.73 Å².